The van der Waals surface area contributed by atoms with Crippen LogP contribution >= 0.6 is 11.8 Å². The molecule has 1 fully saturated rings. The number of carbonyl (C=O) groups is 2. The molecule has 36 heavy (non-hydrogen) atoms. The molecule has 0 saturated carbocycles. The second-order valence-corrected chi connectivity index (χ2v) is 9.51. The summed E-state index contributed by atoms with van der Waals surface area (Å²) in [7, 11) is 0. The van der Waals surface area contributed by atoms with Gasteiger partial charge in [-0.15, -0.1) is 0 Å². The van der Waals surface area contributed by atoms with Crippen molar-refractivity contribution in [2.45, 2.75) is 27.2 Å². The Balaban J connectivity index is 1.44. The fourth-order valence-corrected chi connectivity index (χ4v) is 4.66. The highest BCUT2D eigenvalue weighted by Crippen LogP contribution is 2.34. The SMILES string of the molecule is CCCN1C(=O)/C(=C/c2cccc(OCC(=O)Nc3ccc(C)c(C)c3)c2)SC1=Nc1ccccc1. The number of amides is 2. The highest BCUT2D eigenvalue weighted by molar-refractivity contribution is 8.18. The van der Waals surface area contributed by atoms with E-state index < -0.39 is 0 Å². The maximum atomic E-state index is 13.1. The number of nitrogens with one attached hydrogen (secondary N) is 1. The number of amidine groups is 1. The van der Waals surface area contributed by atoms with Crippen LogP contribution in [-0.2, 0) is 9.59 Å². The molecule has 184 valence electrons. The molecule has 0 bridgehead atoms. The van der Waals surface area contributed by atoms with Crippen molar-refractivity contribution in [3.8, 4) is 5.75 Å². The van der Waals surface area contributed by atoms with E-state index in [4.69, 9.17) is 4.74 Å². The lowest BCUT2D eigenvalue weighted by molar-refractivity contribution is -0.122. The summed E-state index contributed by atoms with van der Waals surface area (Å²) in [6, 6.07) is 22.8. The zero-order valence-electron chi connectivity index (χ0n) is 20.7. The monoisotopic (exact) mass is 499 g/mol. The smallest absolute Gasteiger partial charge is 0.266 e. The molecule has 7 heteroatoms. The van der Waals surface area contributed by atoms with Crippen molar-refractivity contribution >= 4 is 46.2 Å². The Labute approximate surface area is 216 Å². The van der Waals surface area contributed by atoms with Gasteiger partial charge >= 0.3 is 0 Å². The fraction of sp³-hybridized carbons (Fsp3) is 0.207. The molecular weight excluding hydrogens is 470 g/mol. The molecule has 0 radical (unpaired) electrons. The number of ether oxygens (including phenoxy) is 1. The Morgan fingerprint density at radius 1 is 1.03 bits per heavy atom. The first kappa shape index (κ1) is 25.3. The molecule has 4 rings (SSSR count). The number of thioether (sulfide) groups is 1. The number of carbonyl (C=O) groups excluding carboxylic acids is 2. The largest absolute Gasteiger partial charge is 0.484 e. The Kier molecular flexibility index (Phi) is 8.23. The number of benzene rings is 3. The van der Waals surface area contributed by atoms with Crippen molar-refractivity contribution in [3.63, 3.8) is 0 Å². The van der Waals surface area contributed by atoms with Gasteiger partial charge in [0.15, 0.2) is 11.8 Å². The van der Waals surface area contributed by atoms with E-state index in [0.29, 0.717) is 22.4 Å². The van der Waals surface area contributed by atoms with Gasteiger partial charge in [0.2, 0.25) is 0 Å². The summed E-state index contributed by atoms with van der Waals surface area (Å²) in [5, 5.41) is 3.53. The first-order valence-corrected chi connectivity index (χ1v) is 12.7. The lowest BCUT2D eigenvalue weighted by Gasteiger charge is -2.13. The molecule has 1 aliphatic rings. The predicted molar refractivity (Wildman–Crippen MR) is 148 cm³/mol. The number of para-hydroxylation sites is 1. The predicted octanol–water partition coefficient (Wildman–Crippen LogP) is 6.33. The molecule has 1 heterocycles. The number of hydrogen-bond acceptors (Lipinski definition) is 5. The zero-order chi connectivity index (χ0) is 25.5. The van der Waals surface area contributed by atoms with Crippen LogP contribution in [0.25, 0.3) is 6.08 Å². The minimum absolute atomic E-state index is 0.0596. The van der Waals surface area contributed by atoms with Gasteiger partial charge in [0.05, 0.1) is 10.6 Å². The standard InChI is InChI=1S/C29H29N3O3S/c1-4-15-32-28(34)26(36-29(32)31-23-10-6-5-7-11-23)18-22-9-8-12-25(17-22)35-19-27(33)30-24-14-13-20(2)21(3)16-24/h5-14,16-18H,4,15,19H2,1-3H3,(H,30,33)/b26-18-,31-29?. The lowest BCUT2D eigenvalue weighted by Crippen LogP contribution is -2.29. The van der Waals surface area contributed by atoms with E-state index in [0.717, 1.165) is 28.9 Å². The van der Waals surface area contributed by atoms with E-state index in [1.807, 2.05) is 93.6 Å². The molecule has 1 N–H and O–H groups in total. The van der Waals surface area contributed by atoms with E-state index in [9.17, 15) is 9.59 Å². The third kappa shape index (κ3) is 6.43. The highest BCUT2D eigenvalue weighted by atomic mass is 32.2. The van der Waals surface area contributed by atoms with Gasteiger partial charge in [-0.2, -0.15) is 0 Å². The van der Waals surface area contributed by atoms with E-state index in [1.165, 1.54) is 17.3 Å². The van der Waals surface area contributed by atoms with Crippen LogP contribution in [0.1, 0.15) is 30.0 Å². The molecule has 3 aromatic carbocycles. The first-order chi connectivity index (χ1) is 17.4. The summed E-state index contributed by atoms with van der Waals surface area (Å²) in [4.78, 5) is 32.5. The number of aliphatic imine (C=N–C) groups is 1. The van der Waals surface area contributed by atoms with E-state index in [2.05, 4.69) is 10.3 Å². The van der Waals surface area contributed by atoms with Gasteiger partial charge < -0.3 is 10.1 Å². The molecule has 1 saturated heterocycles. The quantitative estimate of drug-likeness (QED) is 0.368. The second kappa shape index (κ2) is 11.7. The molecule has 3 aromatic rings. The number of nitrogens with zero attached hydrogens (tertiary/aromatic N) is 2. The normalized spacial score (nSPS) is 15.5. The van der Waals surface area contributed by atoms with Gasteiger partial charge in [0.25, 0.3) is 11.8 Å². The van der Waals surface area contributed by atoms with Crippen molar-refractivity contribution in [1.82, 2.24) is 4.90 Å². The molecule has 2 amide bonds. The van der Waals surface area contributed by atoms with Crippen LogP contribution in [0.4, 0.5) is 11.4 Å². The highest BCUT2D eigenvalue weighted by Gasteiger charge is 2.32. The summed E-state index contributed by atoms with van der Waals surface area (Å²) >= 11 is 1.37. The second-order valence-electron chi connectivity index (χ2n) is 8.51. The Bertz CT molecular complexity index is 1320. The van der Waals surface area contributed by atoms with Gasteiger partial charge in [-0.05, 0) is 91.2 Å². The van der Waals surface area contributed by atoms with Crippen LogP contribution in [0.5, 0.6) is 5.75 Å². The van der Waals surface area contributed by atoms with Crippen LogP contribution in [0.3, 0.4) is 0 Å². The molecular formula is C29H29N3O3S. The van der Waals surface area contributed by atoms with Crippen molar-refractivity contribution in [3.05, 3.63) is 94.4 Å². The van der Waals surface area contributed by atoms with Crippen molar-refractivity contribution < 1.29 is 14.3 Å². The minimum atomic E-state index is -0.236. The fourth-order valence-electron chi connectivity index (χ4n) is 3.64. The van der Waals surface area contributed by atoms with Crippen molar-refractivity contribution in [1.29, 1.82) is 0 Å². The minimum Gasteiger partial charge on any atom is -0.484 e. The van der Waals surface area contributed by atoms with Crippen LogP contribution in [0.15, 0.2) is 82.7 Å². The molecule has 0 atom stereocenters. The van der Waals surface area contributed by atoms with Crippen LogP contribution in [-0.4, -0.2) is 35.0 Å². The third-order valence-electron chi connectivity index (χ3n) is 5.63. The van der Waals surface area contributed by atoms with Crippen molar-refractivity contribution in [2.75, 3.05) is 18.5 Å². The molecule has 0 spiro atoms. The topological polar surface area (TPSA) is 71.0 Å². The number of hydrogen-bond donors (Lipinski definition) is 1. The molecule has 1 aliphatic heterocycles. The van der Waals surface area contributed by atoms with Gasteiger partial charge in [0, 0.05) is 12.2 Å². The third-order valence-corrected chi connectivity index (χ3v) is 6.64. The Morgan fingerprint density at radius 3 is 2.58 bits per heavy atom. The first-order valence-electron chi connectivity index (χ1n) is 11.9. The Hall–Kier alpha value is -3.84. The lowest BCUT2D eigenvalue weighted by atomic mass is 10.1. The van der Waals surface area contributed by atoms with Gasteiger partial charge in [-0.25, -0.2) is 4.99 Å². The molecule has 0 aromatic heterocycles. The van der Waals surface area contributed by atoms with E-state index in [1.54, 1.807) is 11.0 Å². The van der Waals surface area contributed by atoms with E-state index >= 15 is 0 Å². The molecule has 6 nitrogen and oxygen atoms in total. The number of rotatable bonds is 8. The molecule has 0 aliphatic carbocycles. The van der Waals surface area contributed by atoms with Crippen LogP contribution in [0.2, 0.25) is 0 Å². The number of aryl methyl sites for hydroxylation is 2. The Morgan fingerprint density at radius 2 is 1.83 bits per heavy atom. The summed E-state index contributed by atoms with van der Waals surface area (Å²) in [6.45, 7) is 6.57. The van der Waals surface area contributed by atoms with Gasteiger partial charge in [-0.3, -0.25) is 14.5 Å². The van der Waals surface area contributed by atoms with Crippen LogP contribution < -0.4 is 10.1 Å². The summed E-state index contributed by atoms with van der Waals surface area (Å²) in [5.41, 5.74) is 4.65. The van der Waals surface area contributed by atoms with Gasteiger partial charge in [0.1, 0.15) is 5.75 Å². The average Bonchev–Trinajstić information content (AvgIpc) is 3.15. The summed E-state index contributed by atoms with van der Waals surface area (Å²) in [5.74, 6) is 0.259. The summed E-state index contributed by atoms with van der Waals surface area (Å²) in [6.07, 6.45) is 2.67. The van der Waals surface area contributed by atoms with Crippen molar-refractivity contribution in [2.24, 2.45) is 4.99 Å². The van der Waals surface area contributed by atoms with Crippen LogP contribution in [0, 0.1) is 13.8 Å². The average molecular weight is 500 g/mol. The summed E-state index contributed by atoms with van der Waals surface area (Å²) < 4.78 is 5.72. The van der Waals surface area contributed by atoms with E-state index in [-0.39, 0.29) is 18.4 Å². The zero-order valence-corrected chi connectivity index (χ0v) is 21.5. The molecule has 0 unspecified atom stereocenters. The maximum Gasteiger partial charge on any atom is 0.266 e. The van der Waals surface area contributed by atoms with Gasteiger partial charge in [-0.1, -0.05) is 43.3 Å². The number of anilines is 1. The maximum absolute atomic E-state index is 13.1.